The fourth-order valence-electron chi connectivity index (χ4n) is 2.31. The highest BCUT2D eigenvalue weighted by atomic mass is 16.1. The van der Waals surface area contributed by atoms with Crippen molar-refractivity contribution in [2.75, 3.05) is 0 Å². The predicted octanol–water partition coefficient (Wildman–Crippen LogP) is 3.08. The number of hydrogen-bond donors (Lipinski definition) is 1. The zero-order chi connectivity index (χ0) is 13.5. The maximum atomic E-state index is 12.5. The summed E-state index contributed by atoms with van der Waals surface area (Å²) in [7, 11) is 0. The van der Waals surface area contributed by atoms with Gasteiger partial charge in [0, 0.05) is 11.3 Å². The molecule has 1 aromatic carbocycles. The number of nitrogens with zero attached hydrogens (tertiary/aromatic N) is 1. The van der Waals surface area contributed by atoms with E-state index in [-0.39, 0.29) is 11.0 Å². The highest BCUT2D eigenvalue weighted by Gasteiger charge is 2.24. The van der Waals surface area contributed by atoms with E-state index in [1.54, 1.807) is 4.68 Å². The molecule has 18 heavy (non-hydrogen) atoms. The second-order valence-corrected chi connectivity index (χ2v) is 5.84. The zero-order valence-electron chi connectivity index (χ0n) is 11.7. The van der Waals surface area contributed by atoms with Crippen molar-refractivity contribution in [1.82, 2.24) is 9.78 Å². The number of aromatic amines is 1. The summed E-state index contributed by atoms with van der Waals surface area (Å²) in [6, 6.07) is 7.93. The molecule has 3 heteroatoms. The van der Waals surface area contributed by atoms with Gasteiger partial charge in [-0.25, -0.2) is 4.68 Å². The molecule has 0 radical (unpaired) electrons. The van der Waals surface area contributed by atoms with E-state index in [2.05, 4.69) is 25.9 Å². The normalized spacial score (nSPS) is 11.8. The minimum atomic E-state index is -0.145. The van der Waals surface area contributed by atoms with Crippen molar-refractivity contribution in [3.63, 3.8) is 0 Å². The van der Waals surface area contributed by atoms with Crippen molar-refractivity contribution < 1.29 is 0 Å². The molecule has 0 atom stereocenters. The van der Waals surface area contributed by atoms with Gasteiger partial charge < -0.3 is 0 Å². The maximum absolute atomic E-state index is 12.5. The van der Waals surface area contributed by atoms with Crippen LogP contribution in [-0.4, -0.2) is 9.78 Å². The molecule has 1 aromatic heterocycles. The minimum Gasteiger partial charge on any atom is -0.295 e. The molecule has 2 rings (SSSR count). The quantitative estimate of drug-likeness (QED) is 0.822. The molecule has 0 amide bonds. The molecule has 0 spiro atoms. The summed E-state index contributed by atoms with van der Waals surface area (Å²) in [6.07, 6.45) is 0. The Labute approximate surface area is 107 Å². The van der Waals surface area contributed by atoms with Crippen molar-refractivity contribution in [2.24, 2.45) is 0 Å². The van der Waals surface area contributed by atoms with Crippen LogP contribution in [-0.2, 0) is 5.41 Å². The molecular weight excluding hydrogens is 224 g/mol. The van der Waals surface area contributed by atoms with Gasteiger partial charge in [0.25, 0.3) is 5.56 Å². The van der Waals surface area contributed by atoms with Crippen molar-refractivity contribution in [3.8, 4) is 5.69 Å². The van der Waals surface area contributed by atoms with Crippen LogP contribution in [0.15, 0.2) is 29.1 Å². The maximum Gasteiger partial charge on any atom is 0.275 e. The van der Waals surface area contributed by atoms with Gasteiger partial charge in [-0.3, -0.25) is 9.89 Å². The van der Waals surface area contributed by atoms with Crippen LogP contribution < -0.4 is 5.56 Å². The van der Waals surface area contributed by atoms with E-state index in [1.165, 1.54) is 5.56 Å². The van der Waals surface area contributed by atoms with Crippen LogP contribution in [0.4, 0.5) is 0 Å². The Morgan fingerprint density at radius 3 is 2.06 bits per heavy atom. The van der Waals surface area contributed by atoms with Crippen LogP contribution in [0.3, 0.4) is 0 Å². The Balaban J connectivity index is 2.61. The summed E-state index contributed by atoms with van der Waals surface area (Å²) < 4.78 is 1.62. The molecule has 1 heterocycles. The fourth-order valence-corrected chi connectivity index (χ4v) is 2.31. The number of benzene rings is 1. The molecule has 0 saturated carbocycles. The number of rotatable bonds is 1. The Bertz CT molecular complexity index is 609. The molecule has 1 N–H and O–H groups in total. The monoisotopic (exact) mass is 244 g/mol. The van der Waals surface area contributed by atoms with Gasteiger partial charge in [0.1, 0.15) is 0 Å². The number of nitrogens with one attached hydrogen (secondary N) is 1. The molecule has 0 aliphatic heterocycles. The Morgan fingerprint density at radius 1 is 1.06 bits per heavy atom. The highest BCUT2D eigenvalue weighted by molar-refractivity contribution is 5.36. The number of aromatic nitrogens is 2. The van der Waals surface area contributed by atoms with Crippen molar-refractivity contribution in [1.29, 1.82) is 0 Å². The van der Waals surface area contributed by atoms with Gasteiger partial charge in [-0.15, -0.1) is 0 Å². The van der Waals surface area contributed by atoms with Crippen LogP contribution in [0.5, 0.6) is 0 Å². The first-order valence-corrected chi connectivity index (χ1v) is 6.20. The van der Waals surface area contributed by atoms with Crippen LogP contribution >= 0.6 is 0 Å². The van der Waals surface area contributed by atoms with Crippen LogP contribution in [0, 0.1) is 13.8 Å². The Morgan fingerprint density at radius 2 is 1.61 bits per heavy atom. The number of aryl methyl sites for hydroxylation is 2. The second-order valence-electron chi connectivity index (χ2n) is 5.84. The van der Waals surface area contributed by atoms with E-state index in [1.807, 2.05) is 38.1 Å². The topological polar surface area (TPSA) is 37.8 Å². The molecule has 0 fully saturated rings. The van der Waals surface area contributed by atoms with E-state index >= 15 is 0 Å². The van der Waals surface area contributed by atoms with E-state index in [4.69, 9.17) is 0 Å². The third kappa shape index (κ3) is 2.13. The van der Waals surface area contributed by atoms with Gasteiger partial charge in [0.05, 0.1) is 5.69 Å². The molecule has 3 nitrogen and oxygen atoms in total. The first-order chi connectivity index (χ1) is 8.30. The van der Waals surface area contributed by atoms with Crippen LogP contribution in [0.1, 0.15) is 37.6 Å². The average Bonchev–Trinajstić information content (AvgIpc) is 2.54. The molecule has 2 aromatic rings. The predicted molar refractivity (Wildman–Crippen MR) is 74.6 cm³/mol. The lowest BCUT2D eigenvalue weighted by Crippen LogP contribution is -2.25. The SMILES string of the molecule is Cc1ccc(-n2[nH]c(C)c(C(C)(C)C)c2=O)cc1. The molecular formula is C15H20N2O. The molecule has 0 saturated heterocycles. The van der Waals surface area contributed by atoms with Crippen molar-refractivity contribution in [2.45, 2.75) is 40.0 Å². The lowest BCUT2D eigenvalue weighted by Gasteiger charge is -2.15. The molecule has 0 aliphatic rings. The van der Waals surface area contributed by atoms with Gasteiger partial charge in [-0.1, -0.05) is 38.5 Å². The van der Waals surface area contributed by atoms with Gasteiger partial charge in [0.2, 0.25) is 0 Å². The van der Waals surface area contributed by atoms with Gasteiger partial charge in [0.15, 0.2) is 0 Å². The van der Waals surface area contributed by atoms with Crippen LogP contribution in [0.2, 0.25) is 0 Å². The summed E-state index contributed by atoms with van der Waals surface area (Å²) in [5.74, 6) is 0. The first-order valence-electron chi connectivity index (χ1n) is 6.20. The summed E-state index contributed by atoms with van der Waals surface area (Å²) in [5, 5.41) is 3.16. The van der Waals surface area contributed by atoms with Gasteiger partial charge in [-0.2, -0.15) is 0 Å². The van der Waals surface area contributed by atoms with E-state index in [0.29, 0.717) is 0 Å². The second kappa shape index (κ2) is 4.16. The molecule has 0 unspecified atom stereocenters. The largest absolute Gasteiger partial charge is 0.295 e. The smallest absolute Gasteiger partial charge is 0.275 e. The third-order valence-corrected chi connectivity index (χ3v) is 3.11. The first kappa shape index (κ1) is 12.7. The lowest BCUT2D eigenvalue weighted by atomic mass is 9.87. The van der Waals surface area contributed by atoms with E-state index in [0.717, 1.165) is 16.9 Å². The molecule has 0 bridgehead atoms. The Hall–Kier alpha value is -1.77. The summed E-state index contributed by atoms with van der Waals surface area (Å²) in [6.45, 7) is 10.2. The minimum absolute atomic E-state index is 0.0452. The van der Waals surface area contributed by atoms with Gasteiger partial charge >= 0.3 is 0 Å². The number of hydrogen-bond acceptors (Lipinski definition) is 1. The van der Waals surface area contributed by atoms with Crippen molar-refractivity contribution >= 4 is 0 Å². The molecule has 96 valence electrons. The summed E-state index contributed by atoms with van der Waals surface area (Å²) >= 11 is 0. The summed E-state index contributed by atoms with van der Waals surface area (Å²) in [4.78, 5) is 12.5. The zero-order valence-corrected chi connectivity index (χ0v) is 11.7. The highest BCUT2D eigenvalue weighted by Crippen LogP contribution is 2.22. The standard InChI is InChI=1S/C15H20N2O/c1-10-6-8-12(9-7-10)17-14(18)13(11(2)16-17)15(3,4)5/h6-9,16H,1-5H3. The van der Waals surface area contributed by atoms with Crippen molar-refractivity contribution in [3.05, 3.63) is 51.4 Å². The fraction of sp³-hybridized carbons (Fsp3) is 0.400. The lowest BCUT2D eigenvalue weighted by molar-refractivity contribution is 0.581. The van der Waals surface area contributed by atoms with E-state index in [9.17, 15) is 4.79 Å². The third-order valence-electron chi connectivity index (χ3n) is 3.11. The molecule has 0 aliphatic carbocycles. The van der Waals surface area contributed by atoms with Crippen LogP contribution in [0.25, 0.3) is 5.69 Å². The average molecular weight is 244 g/mol. The van der Waals surface area contributed by atoms with Gasteiger partial charge in [-0.05, 0) is 31.4 Å². The Kier molecular flexibility index (Phi) is 2.93. The number of H-pyrrole nitrogens is 1. The summed E-state index contributed by atoms with van der Waals surface area (Å²) in [5.41, 5.74) is 3.75. The van der Waals surface area contributed by atoms with E-state index < -0.39 is 0 Å².